The van der Waals surface area contributed by atoms with Crippen LogP contribution in [0, 0.1) is 18.3 Å². The number of rotatable bonds is 6. The number of amides is 1. The maximum Gasteiger partial charge on any atom is 0.269 e. The first-order valence-electron chi connectivity index (χ1n) is 10.3. The van der Waals surface area contributed by atoms with Crippen LogP contribution in [0.3, 0.4) is 0 Å². The van der Waals surface area contributed by atoms with Crippen LogP contribution in [0.5, 0.6) is 0 Å². The fraction of sp³-hybridized carbons (Fsp3) is 0.381. The van der Waals surface area contributed by atoms with Crippen LogP contribution < -0.4 is 14.7 Å². The van der Waals surface area contributed by atoms with E-state index in [0.717, 1.165) is 0 Å². The number of nitrogens with one attached hydrogen (secondary N) is 2. The molecule has 178 valence electrons. The summed E-state index contributed by atoms with van der Waals surface area (Å²) in [5.41, 5.74) is 3.09. The molecule has 0 spiro atoms. The number of aromatic carboxylic acids is 1. The van der Waals surface area contributed by atoms with Gasteiger partial charge in [-0.2, -0.15) is 15.3 Å². The molecule has 2 N–H and O–H groups in total. The molecule has 4 rings (SSSR count). The van der Waals surface area contributed by atoms with Crippen molar-refractivity contribution >= 4 is 34.1 Å². The van der Waals surface area contributed by atoms with Crippen LogP contribution in [-0.4, -0.2) is 64.0 Å². The summed E-state index contributed by atoms with van der Waals surface area (Å²) in [5.74, 6) is -1.75. The number of nitrogens with zero attached hydrogens (tertiary/aromatic N) is 5. The van der Waals surface area contributed by atoms with Crippen LogP contribution in [0.1, 0.15) is 37.8 Å². The second-order valence-corrected chi connectivity index (χ2v) is 9.99. The fourth-order valence-electron chi connectivity index (χ4n) is 4.00. The highest BCUT2D eigenvalue weighted by molar-refractivity contribution is 7.33. The van der Waals surface area contributed by atoms with Crippen LogP contribution in [0.4, 0.5) is 0 Å². The van der Waals surface area contributed by atoms with Gasteiger partial charge < -0.3 is 24.9 Å². The summed E-state index contributed by atoms with van der Waals surface area (Å²) in [7, 11) is 2.33. The quantitative estimate of drug-likeness (QED) is 0.471. The van der Waals surface area contributed by atoms with Crippen molar-refractivity contribution in [2.24, 2.45) is 7.05 Å². The molecule has 0 radical (unpaired) electrons. The number of nitriles is 1. The Kier molecular flexibility index (Phi) is 6.72. The summed E-state index contributed by atoms with van der Waals surface area (Å²) in [6, 6.07) is 3.31. The highest BCUT2D eigenvalue weighted by Gasteiger charge is 2.39. The number of hydrogen-bond donors (Lipinski definition) is 2. The zero-order valence-corrected chi connectivity index (χ0v) is 20.2. The predicted molar refractivity (Wildman–Crippen MR) is 123 cm³/mol. The molecule has 1 fully saturated rings. The van der Waals surface area contributed by atoms with Crippen molar-refractivity contribution in [3.05, 3.63) is 44.6 Å². The minimum Gasteiger partial charge on any atom is -0.540 e. The van der Waals surface area contributed by atoms with Gasteiger partial charge in [0.25, 0.3) is 11.4 Å². The Balaban J connectivity index is 1.54. The maximum atomic E-state index is 12.9. The average molecular weight is 504 g/mol. The summed E-state index contributed by atoms with van der Waals surface area (Å²) in [5, 5.41) is 28.8. The van der Waals surface area contributed by atoms with Gasteiger partial charge in [0.2, 0.25) is 4.88 Å². The van der Waals surface area contributed by atoms with E-state index >= 15 is 0 Å². The number of H-pyrrole nitrogens is 1. The van der Waals surface area contributed by atoms with Crippen LogP contribution in [-0.2, 0) is 11.8 Å². The Morgan fingerprint density at radius 3 is 2.85 bits per heavy atom. The Hall–Kier alpha value is -3.24. The molecule has 1 aliphatic rings. The molecule has 3 aromatic heterocycles. The van der Waals surface area contributed by atoms with E-state index in [0.29, 0.717) is 30.9 Å². The molecule has 3 atom stereocenters. The average Bonchev–Trinajstić information content (AvgIpc) is 3.51. The van der Waals surface area contributed by atoms with E-state index in [2.05, 4.69) is 20.4 Å². The molecule has 0 bridgehead atoms. The molecule has 0 aliphatic carbocycles. The van der Waals surface area contributed by atoms with Crippen molar-refractivity contribution in [1.82, 2.24) is 25.1 Å². The number of aromatic nitrogens is 4. The number of carbonyl (C=O) groups excluding carboxylic acids is 2. The summed E-state index contributed by atoms with van der Waals surface area (Å²) in [6.07, 6.45) is 1.79. The van der Waals surface area contributed by atoms with Gasteiger partial charge in [-0.15, -0.1) is 4.31 Å². The first-order chi connectivity index (χ1) is 16.2. The van der Waals surface area contributed by atoms with E-state index in [4.69, 9.17) is 16.3 Å². The number of carboxylic acids is 1. The fourth-order valence-corrected chi connectivity index (χ4v) is 6.03. The van der Waals surface area contributed by atoms with Gasteiger partial charge in [-0.1, -0.05) is 11.6 Å². The maximum absolute atomic E-state index is 12.9. The summed E-state index contributed by atoms with van der Waals surface area (Å²) in [6.45, 7) is 2.53. The van der Waals surface area contributed by atoms with Gasteiger partial charge in [0.15, 0.2) is 5.69 Å². The smallest absolute Gasteiger partial charge is 0.269 e. The molecule has 1 unspecified atom stereocenters. The van der Waals surface area contributed by atoms with Crippen molar-refractivity contribution < 1.29 is 19.4 Å². The molecular formula is C21H22ClN7O4S. The molecule has 0 aromatic carbocycles. The van der Waals surface area contributed by atoms with E-state index in [9.17, 15) is 20.0 Å². The third-order valence-electron chi connectivity index (χ3n) is 5.72. The number of halogens is 1. The number of aromatic amines is 1. The molecule has 34 heavy (non-hydrogen) atoms. The van der Waals surface area contributed by atoms with E-state index in [1.807, 2.05) is 10.4 Å². The first-order valence-corrected chi connectivity index (χ1v) is 12.0. The van der Waals surface area contributed by atoms with Crippen LogP contribution in [0.2, 0.25) is 5.02 Å². The molecular weight excluding hydrogens is 482 g/mol. The zero-order valence-electron chi connectivity index (χ0n) is 18.7. The number of carbonyl (C=O) groups is 2. The van der Waals surface area contributed by atoms with Gasteiger partial charge in [-0.05, 0) is 19.4 Å². The highest BCUT2D eigenvalue weighted by Crippen LogP contribution is 2.35. The molecule has 1 saturated heterocycles. The van der Waals surface area contributed by atoms with Crippen molar-refractivity contribution in [1.29, 1.82) is 5.26 Å². The minimum absolute atomic E-state index is 0.0752. The molecule has 1 aliphatic heterocycles. The molecule has 0 saturated carbocycles. The zero-order chi connectivity index (χ0) is 24.6. The van der Waals surface area contributed by atoms with E-state index in [1.54, 1.807) is 36.4 Å². The number of ether oxygens (including phenoxy) is 1. The van der Waals surface area contributed by atoms with Gasteiger partial charge in [0, 0.05) is 26.0 Å². The number of aryl methyl sites for hydroxylation is 2. The lowest BCUT2D eigenvalue weighted by molar-refractivity contribution is -0.254. The second kappa shape index (κ2) is 9.55. The summed E-state index contributed by atoms with van der Waals surface area (Å²) < 4.78 is 9.17. The number of piperidine rings is 1. The largest absolute Gasteiger partial charge is 0.540 e. The van der Waals surface area contributed by atoms with E-state index in [1.165, 1.54) is 7.11 Å². The van der Waals surface area contributed by atoms with Gasteiger partial charge in [-0.25, -0.2) is 0 Å². The second-order valence-electron chi connectivity index (χ2n) is 7.85. The van der Waals surface area contributed by atoms with Gasteiger partial charge >= 0.3 is 0 Å². The number of methoxy groups -OCH3 is 1. The summed E-state index contributed by atoms with van der Waals surface area (Å²) >= 11 is 6.11. The number of hydrogen-bond acceptors (Lipinski definition) is 8. The Morgan fingerprint density at radius 2 is 2.24 bits per heavy atom. The Bertz CT molecular complexity index is 1290. The lowest BCUT2D eigenvalue weighted by Gasteiger charge is -2.34. The summed E-state index contributed by atoms with van der Waals surface area (Å²) in [4.78, 5) is 32.2. The van der Waals surface area contributed by atoms with Gasteiger partial charge in [-0.3, -0.25) is 9.48 Å². The van der Waals surface area contributed by atoms with Crippen molar-refractivity contribution in [3.8, 4) is 17.5 Å². The lowest BCUT2D eigenvalue weighted by atomic mass is 10.0. The Labute approximate surface area is 203 Å². The molecule has 3 aromatic rings. The standard InChI is InChI=1S/C21H22ClN7O4S/c1-11-16(22)12(8-23)17(25-11)20(30)26-13-5-7-29(9-15(13)33-3)34-10-24-18(19(34)21(31)32)14-4-6-28(2)27-14/h4,6,10,13,15H,5,7,9H2,1-3H3,(H2-,25,26,30,31,32)/t13-,15+,34?/m1/s1. The highest BCUT2D eigenvalue weighted by atomic mass is 35.5. The number of carboxylic acid groups (broad SMARTS) is 1. The van der Waals surface area contributed by atoms with Crippen LogP contribution in [0.25, 0.3) is 11.4 Å². The van der Waals surface area contributed by atoms with Crippen molar-refractivity contribution in [3.63, 3.8) is 0 Å². The van der Waals surface area contributed by atoms with Crippen LogP contribution in [0.15, 0.2) is 17.8 Å². The van der Waals surface area contributed by atoms with Gasteiger partial charge in [0.05, 0.1) is 30.3 Å². The lowest BCUT2D eigenvalue weighted by Crippen LogP contribution is -2.55. The normalized spacial score (nSPS) is 19.1. The first kappa shape index (κ1) is 23.9. The van der Waals surface area contributed by atoms with Crippen molar-refractivity contribution in [2.45, 2.75) is 25.5 Å². The van der Waals surface area contributed by atoms with Gasteiger partial charge in [0.1, 0.15) is 39.6 Å². The Morgan fingerprint density at radius 1 is 1.47 bits per heavy atom. The molecule has 4 heterocycles. The third-order valence-corrected chi connectivity index (χ3v) is 8.16. The monoisotopic (exact) mass is 503 g/mol. The van der Waals surface area contributed by atoms with Crippen LogP contribution >= 0.6 is 22.3 Å². The minimum atomic E-state index is -1.30. The molecule has 11 nitrogen and oxygen atoms in total. The number of thiazole rings is 1. The molecule has 13 heteroatoms. The predicted octanol–water partition coefficient (Wildman–Crippen LogP) is 0.912. The van der Waals surface area contributed by atoms with E-state index in [-0.39, 0.29) is 32.9 Å². The van der Waals surface area contributed by atoms with Crippen molar-refractivity contribution in [2.75, 3.05) is 24.5 Å². The van der Waals surface area contributed by atoms with E-state index < -0.39 is 28.6 Å². The third kappa shape index (κ3) is 4.30. The molecule has 1 amide bonds. The topological polar surface area (TPSA) is 152 Å². The SMILES string of the molecule is CO[C@H]1CN([s+]2cnc(-c3ccn(C)n3)c2C(=O)[O-])CC[C@H]1NC(=O)c1[nH]c(C)c(Cl)c1C#N.